The van der Waals surface area contributed by atoms with Gasteiger partial charge in [-0.1, -0.05) is 35.9 Å². The predicted molar refractivity (Wildman–Crippen MR) is 78.9 cm³/mol. The van der Waals surface area contributed by atoms with Crippen molar-refractivity contribution in [1.29, 1.82) is 0 Å². The van der Waals surface area contributed by atoms with E-state index in [0.717, 1.165) is 17.8 Å². The molecule has 2 rings (SSSR count). The van der Waals surface area contributed by atoms with Gasteiger partial charge in [0.05, 0.1) is 12.3 Å². The van der Waals surface area contributed by atoms with Crippen molar-refractivity contribution in [3.63, 3.8) is 0 Å². The molecule has 1 N–H and O–H groups in total. The van der Waals surface area contributed by atoms with E-state index in [-0.39, 0.29) is 12.1 Å². The van der Waals surface area contributed by atoms with Gasteiger partial charge >= 0.3 is 0 Å². The molecule has 0 aliphatic rings. The maximum absolute atomic E-state index is 5.53. The number of hydrogen-bond acceptors (Lipinski definition) is 2. The fourth-order valence-electron chi connectivity index (χ4n) is 2.22. The zero-order chi connectivity index (χ0) is 13.7. The monoisotopic (exact) mass is 255 g/mol. The number of rotatable bonds is 6. The largest absolute Gasteiger partial charge is 0.468 e. The summed E-state index contributed by atoms with van der Waals surface area (Å²) < 4.78 is 5.53. The summed E-state index contributed by atoms with van der Waals surface area (Å²) >= 11 is 0. The van der Waals surface area contributed by atoms with Gasteiger partial charge in [-0.25, -0.2) is 0 Å². The van der Waals surface area contributed by atoms with Crippen LogP contribution in [0.3, 0.4) is 0 Å². The fourth-order valence-corrected chi connectivity index (χ4v) is 2.22. The number of nitrogens with one attached hydrogen (secondary N) is 1. The zero-order valence-corrected chi connectivity index (χ0v) is 11.6. The van der Waals surface area contributed by atoms with Crippen LogP contribution in [0.2, 0.25) is 0 Å². The van der Waals surface area contributed by atoms with Crippen LogP contribution in [0.1, 0.15) is 43.7 Å². The molecule has 2 heteroatoms. The van der Waals surface area contributed by atoms with Crippen LogP contribution >= 0.6 is 0 Å². The highest BCUT2D eigenvalue weighted by molar-refractivity contribution is 5.19. The minimum Gasteiger partial charge on any atom is -0.468 e. The topological polar surface area (TPSA) is 25.2 Å². The average molecular weight is 255 g/mol. The Balaban J connectivity index is 2.10. The summed E-state index contributed by atoms with van der Waals surface area (Å²) in [6.45, 7) is 8.22. The molecule has 19 heavy (non-hydrogen) atoms. The van der Waals surface area contributed by atoms with Crippen molar-refractivity contribution >= 4 is 0 Å². The van der Waals surface area contributed by atoms with Gasteiger partial charge in [0.15, 0.2) is 0 Å². The van der Waals surface area contributed by atoms with Crippen molar-refractivity contribution < 1.29 is 4.42 Å². The van der Waals surface area contributed by atoms with Crippen LogP contribution in [0.15, 0.2) is 65.3 Å². The van der Waals surface area contributed by atoms with E-state index in [1.54, 1.807) is 6.26 Å². The van der Waals surface area contributed by atoms with Crippen LogP contribution < -0.4 is 5.32 Å². The van der Waals surface area contributed by atoms with E-state index in [9.17, 15) is 0 Å². The predicted octanol–water partition coefficient (Wildman–Crippen LogP) is 4.64. The average Bonchev–Trinajstić information content (AvgIpc) is 2.92. The molecular formula is C17H21NO. The maximum atomic E-state index is 5.53. The highest BCUT2D eigenvalue weighted by atomic mass is 16.3. The molecule has 0 aliphatic carbocycles. The van der Waals surface area contributed by atoms with Crippen molar-refractivity contribution in [3.05, 3.63) is 72.2 Å². The number of hydrogen-bond donors (Lipinski definition) is 1. The minimum atomic E-state index is 0.169. The lowest BCUT2D eigenvalue weighted by atomic mass is 10.0. The molecule has 1 aromatic heterocycles. The van der Waals surface area contributed by atoms with Gasteiger partial charge in [-0.05, 0) is 38.0 Å². The Morgan fingerprint density at radius 2 is 1.95 bits per heavy atom. The first-order valence-corrected chi connectivity index (χ1v) is 6.65. The van der Waals surface area contributed by atoms with Gasteiger partial charge in [-0.2, -0.15) is 0 Å². The third-order valence-corrected chi connectivity index (χ3v) is 3.19. The van der Waals surface area contributed by atoms with Crippen LogP contribution in [0.25, 0.3) is 0 Å². The Morgan fingerprint density at radius 1 is 1.21 bits per heavy atom. The van der Waals surface area contributed by atoms with E-state index < -0.39 is 0 Å². The van der Waals surface area contributed by atoms with Crippen molar-refractivity contribution in [3.8, 4) is 0 Å². The molecule has 0 bridgehead atoms. The van der Waals surface area contributed by atoms with Gasteiger partial charge < -0.3 is 9.73 Å². The quantitative estimate of drug-likeness (QED) is 0.761. The summed E-state index contributed by atoms with van der Waals surface area (Å²) in [6.07, 6.45) is 2.60. The Hall–Kier alpha value is -1.80. The lowest BCUT2D eigenvalue weighted by Gasteiger charge is -2.22. The van der Waals surface area contributed by atoms with Gasteiger partial charge in [0, 0.05) is 6.04 Å². The Bertz CT molecular complexity index is 501. The van der Waals surface area contributed by atoms with E-state index in [4.69, 9.17) is 4.42 Å². The van der Waals surface area contributed by atoms with Gasteiger partial charge in [-0.3, -0.25) is 0 Å². The molecule has 0 saturated heterocycles. The molecule has 0 fully saturated rings. The normalized spacial score (nSPS) is 14.0. The standard InChI is InChI=1S/C17H21NO/c1-13(2)12-16(17-10-7-11-19-17)18-14(3)15-8-5-4-6-9-15/h4-11,14,16,18H,1,12H2,2-3H3/t14-,16+/m1/s1. The highest BCUT2D eigenvalue weighted by Gasteiger charge is 2.17. The molecule has 1 heterocycles. The summed E-state index contributed by atoms with van der Waals surface area (Å²) in [5, 5.41) is 3.61. The lowest BCUT2D eigenvalue weighted by Crippen LogP contribution is -2.24. The van der Waals surface area contributed by atoms with E-state index in [2.05, 4.69) is 43.1 Å². The Kier molecular flexibility index (Phi) is 4.58. The smallest absolute Gasteiger partial charge is 0.121 e. The minimum absolute atomic E-state index is 0.169. The number of benzene rings is 1. The summed E-state index contributed by atoms with van der Waals surface area (Å²) in [5.74, 6) is 0.964. The van der Waals surface area contributed by atoms with Crippen LogP contribution in [-0.4, -0.2) is 0 Å². The van der Waals surface area contributed by atoms with Crippen molar-refractivity contribution in [2.24, 2.45) is 0 Å². The van der Waals surface area contributed by atoms with Crippen LogP contribution in [0.4, 0.5) is 0 Å². The summed E-state index contributed by atoms with van der Waals surface area (Å²) in [4.78, 5) is 0. The third kappa shape index (κ3) is 3.83. The third-order valence-electron chi connectivity index (χ3n) is 3.19. The Labute approximate surface area is 115 Å². The van der Waals surface area contributed by atoms with E-state index in [1.807, 2.05) is 25.1 Å². The van der Waals surface area contributed by atoms with E-state index >= 15 is 0 Å². The summed E-state index contributed by atoms with van der Waals surface area (Å²) in [5.41, 5.74) is 2.43. The van der Waals surface area contributed by atoms with Crippen LogP contribution in [0.5, 0.6) is 0 Å². The van der Waals surface area contributed by atoms with Gasteiger partial charge in [-0.15, -0.1) is 6.58 Å². The van der Waals surface area contributed by atoms with E-state index in [0.29, 0.717) is 0 Å². The molecule has 0 saturated carbocycles. The molecule has 2 atom stereocenters. The molecule has 0 amide bonds. The molecule has 100 valence electrons. The van der Waals surface area contributed by atoms with E-state index in [1.165, 1.54) is 5.56 Å². The first kappa shape index (κ1) is 13.6. The van der Waals surface area contributed by atoms with Crippen molar-refractivity contribution in [2.75, 3.05) is 0 Å². The molecule has 1 aromatic carbocycles. The molecule has 2 nitrogen and oxygen atoms in total. The second-order valence-electron chi connectivity index (χ2n) is 5.03. The Morgan fingerprint density at radius 3 is 2.53 bits per heavy atom. The highest BCUT2D eigenvalue weighted by Crippen LogP contribution is 2.24. The van der Waals surface area contributed by atoms with Gasteiger partial charge in [0.1, 0.15) is 5.76 Å². The SMILES string of the molecule is C=C(C)C[C@H](N[C@H](C)c1ccccc1)c1ccco1. The first-order valence-electron chi connectivity index (χ1n) is 6.65. The molecular weight excluding hydrogens is 234 g/mol. The lowest BCUT2D eigenvalue weighted by molar-refractivity contribution is 0.381. The van der Waals surface area contributed by atoms with Crippen molar-refractivity contribution in [1.82, 2.24) is 5.32 Å². The second kappa shape index (κ2) is 6.39. The van der Waals surface area contributed by atoms with Crippen LogP contribution in [-0.2, 0) is 0 Å². The first-order chi connectivity index (χ1) is 9.16. The van der Waals surface area contributed by atoms with Crippen LogP contribution in [0, 0.1) is 0 Å². The molecule has 0 radical (unpaired) electrons. The maximum Gasteiger partial charge on any atom is 0.121 e. The van der Waals surface area contributed by atoms with Gasteiger partial charge in [0.2, 0.25) is 0 Å². The number of furan rings is 1. The molecule has 0 aliphatic heterocycles. The summed E-state index contributed by atoms with van der Waals surface area (Å²) in [7, 11) is 0. The van der Waals surface area contributed by atoms with Crippen molar-refractivity contribution in [2.45, 2.75) is 32.4 Å². The molecule has 2 aromatic rings. The molecule has 0 spiro atoms. The van der Waals surface area contributed by atoms with Gasteiger partial charge in [0.25, 0.3) is 0 Å². The second-order valence-corrected chi connectivity index (χ2v) is 5.03. The summed E-state index contributed by atoms with van der Waals surface area (Å²) in [6, 6.07) is 14.8. The zero-order valence-electron chi connectivity index (χ0n) is 11.6. The fraction of sp³-hybridized carbons (Fsp3) is 0.294. The molecule has 0 unspecified atom stereocenters.